The van der Waals surface area contributed by atoms with Gasteiger partial charge in [-0.05, 0) is 12.1 Å². The Balaban J connectivity index is 2.12. The molecule has 1 amide bonds. The van der Waals surface area contributed by atoms with Gasteiger partial charge in [-0.1, -0.05) is 6.07 Å². The van der Waals surface area contributed by atoms with E-state index in [9.17, 15) is 4.79 Å². The van der Waals surface area contributed by atoms with Crippen molar-refractivity contribution in [3.05, 3.63) is 36.8 Å². The van der Waals surface area contributed by atoms with E-state index in [4.69, 9.17) is 10.5 Å². The van der Waals surface area contributed by atoms with E-state index in [1.165, 1.54) is 4.90 Å². The second-order valence-corrected chi connectivity index (χ2v) is 4.79. The number of carbonyl (C=O) groups excluding carboxylic acids is 1. The van der Waals surface area contributed by atoms with Crippen molar-refractivity contribution < 1.29 is 4.79 Å². The van der Waals surface area contributed by atoms with Gasteiger partial charge in [-0.3, -0.25) is 9.78 Å². The molecule has 116 valence electrons. The summed E-state index contributed by atoms with van der Waals surface area (Å²) in [6, 6.07) is 9.53. The highest BCUT2D eigenvalue weighted by molar-refractivity contribution is 5.76. The third-order valence-electron chi connectivity index (χ3n) is 3.25. The van der Waals surface area contributed by atoms with Crippen molar-refractivity contribution in [2.24, 2.45) is 0 Å². The molecule has 23 heavy (non-hydrogen) atoms. The first-order valence-electron chi connectivity index (χ1n) is 7.20. The van der Waals surface area contributed by atoms with E-state index in [1.54, 1.807) is 23.2 Å². The summed E-state index contributed by atoms with van der Waals surface area (Å²) < 4.78 is 1.72. The highest BCUT2D eigenvalue weighted by atomic mass is 16.2. The summed E-state index contributed by atoms with van der Waals surface area (Å²) in [6.45, 7) is 0.748. The lowest BCUT2D eigenvalue weighted by Crippen LogP contribution is -2.35. The van der Waals surface area contributed by atoms with E-state index < -0.39 is 0 Å². The zero-order valence-electron chi connectivity index (χ0n) is 12.6. The van der Waals surface area contributed by atoms with Gasteiger partial charge in [-0.2, -0.15) is 10.5 Å². The van der Waals surface area contributed by atoms with Gasteiger partial charge in [-0.25, -0.2) is 4.98 Å². The lowest BCUT2D eigenvalue weighted by atomic mass is 10.3. The monoisotopic (exact) mass is 308 g/mol. The number of rotatable bonds is 7. The summed E-state index contributed by atoms with van der Waals surface area (Å²) in [7, 11) is 0. The summed E-state index contributed by atoms with van der Waals surface area (Å²) in [5.74, 6) is 0.463. The molecule has 0 radical (unpaired) electrons. The van der Waals surface area contributed by atoms with Crippen LogP contribution in [0.5, 0.6) is 0 Å². The predicted octanol–water partition coefficient (Wildman–Crippen LogP) is 1.60. The molecule has 2 rings (SSSR count). The summed E-state index contributed by atoms with van der Waals surface area (Å²) in [4.78, 5) is 22.5. The zero-order chi connectivity index (χ0) is 16.5. The van der Waals surface area contributed by atoms with Crippen LogP contribution in [0.25, 0.3) is 11.5 Å². The number of hydrogen-bond acceptors (Lipinski definition) is 5. The van der Waals surface area contributed by atoms with Crippen LogP contribution in [0.3, 0.4) is 0 Å². The minimum Gasteiger partial charge on any atom is -0.339 e. The molecule has 0 aliphatic heterocycles. The zero-order valence-corrected chi connectivity index (χ0v) is 12.6. The molecular weight excluding hydrogens is 292 g/mol. The Bertz CT molecular complexity index is 707. The van der Waals surface area contributed by atoms with Gasteiger partial charge in [0, 0.05) is 31.7 Å². The fourth-order valence-electron chi connectivity index (χ4n) is 2.14. The minimum atomic E-state index is -0.148. The molecule has 0 saturated heterocycles. The number of amides is 1. The van der Waals surface area contributed by atoms with Crippen LogP contribution in [-0.2, 0) is 11.3 Å². The third-order valence-corrected chi connectivity index (χ3v) is 3.25. The highest BCUT2D eigenvalue weighted by Gasteiger charge is 2.16. The lowest BCUT2D eigenvalue weighted by molar-refractivity contribution is -0.131. The number of hydrogen-bond donors (Lipinski definition) is 0. The predicted molar refractivity (Wildman–Crippen MR) is 82.5 cm³/mol. The molecule has 0 N–H and O–H groups in total. The van der Waals surface area contributed by atoms with E-state index >= 15 is 0 Å². The Morgan fingerprint density at radius 3 is 2.48 bits per heavy atom. The summed E-state index contributed by atoms with van der Waals surface area (Å²) in [6.07, 6.45) is 5.49. The van der Waals surface area contributed by atoms with E-state index in [0.717, 1.165) is 0 Å². The molecule has 7 nitrogen and oxygen atoms in total. The fourth-order valence-corrected chi connectivity index (χ4v) is 2.14. The average molecular weight is 308 g/mol. The molecule has 0 fully saturated rings. The van der Waals surface area contributed by atoms with Gasteiger partial charge >= 0.3 is 0 Å². The first kappa shape index (κ1) is 16.2. The molecule has 7 heteroatoms. The van der Waals surface area contributed by atoms with E-state index in [1.807, 2.05) is 30.3 Å². The molecule has 2 aromatic heterocycles. The van der Waals surface area contributed by atoms with Gasteiger partial charge in [0.25, 0.3) is 0 Å². The number of nitriles is 2. The average Bonchev–Trinajstić information content (AvgIpc) is 3.03. The van der Waals surface area contributed by atoms with Crippen molar-refractivity contribution in [2.45, 2.75) is 19.4 Å². The maximum atomic E-state index is 12.4. The molecule has 0 saturated carbocycles. The number of imidazole rings is 1. The van der Waals surface area contributed by atoms with Crippen molar-refractivity contribution in [2.75, 3.05) is 13.1 Å². The molecule has 0 bridgehead atoms. The number of carbonyl (C=O) groups is 1. The molecular formula is C16H16N6O. The quantitative estimate of drug-likeness (QED) is 0.773. The van der Waals surface area contributed by atoms with Gasteiger partial charge in [0.1, 0.15) is 12.2 Å². The van der Waals surface area contributed by atoms with Crippen molar-refractivity contribution in [3.63, 3.8) is 0 Å². The largest absolute Gasteiger partial charge is 0.339 e. The fraction of sp³-hybridized carbons (Fsp3) is 0.312. The maximum absolute atomic E-state index is 12.4. The van der Waals surface area contributed by atoms with Gasteiger partial charge < -0.3 is 9.47 Å². The maximum Gasteiger partial charge on any atom is 0.242 e. The highest BCUT2D eigenvalue weighted by Crippen LogP contribution is 2.14. The van der Waals surface area contributed by atoms with Crippen molar-refractivity contribution in [1.82, 2.24) is 19.4 Å². The molecule has 0 aliphatic carbocycles. The van der Waals surface area contributed by atoms with Crippen molar-refractivity contribution >= 4 is 5.91 Å². The Kier molecular flexibility index (Phi) is 5.84. The third kappa shape index (κ3) is 4.39. The second kappa shape index (κ2) is 8.30. The topological polar surface area (TPSA) is 98.6 Å². The number of aromatic nitrogens is 3. The molecule has 0 aliphatic rings. The first-order valence-corrected chi connectivity index (χ1v) is 7.20. The molecule has 0 spiro atoms. The van der Waals surface area contributed by atoms with Crippen LogP contribution < -0.4 is 0 Å². The van der Waals surface area contributed by atoms with Crippen LogP contribution in [0.1, 0.15) is 12.8 Å². The molecule has 0 atom stereocenters. The SMILES string of the molecule is N#CCCN(CCC#N)C(=O)Cn1ccnc1-c1ccccn1. The number of nitrogens with zero attached hydrogens (tertiary/aromatic N) is 6. The normalized spacial score (nSPS) is 9.83. The van der Waals surface area contributed by atoms with Crippen molar-refractivity contribution in [3.8, 4) is 23.7 Å². The van der Waals surface area contributed by atoms with Gasteiger partial charge in [0.2, 0.25) is 5.91 Å². The van der Waals surface area contributed by atoms with Crippen LogP contribution in [0.2, 0.25) is 0 Å². The molecule has 0 unspecified atom stereocenters. The van der Waals surface area contributed by atoms with Gasteiger partial charge in [0.15, 0.2) is 5.82 Å². The van der Waals surface area contributed by atoms with Crippen LogP contribution in [0.15, 0.2) is 36.8 Å². The minimum absolute atomic E-state index is 0.1000. The van der Waals surface area contributed by atoms with E-state index in [-0.39, 0.29) is 25.3 Å². The van der Waals surface area contributed by atoms with Crippen LogP contribution >= 0.6 is 0 Å². The van der Waals surface area contributed by atoms with Gasteiger partial charge in [0.05, 0.1) is 25.0 Å². The van der Waals surface area contributed by atoms with Crippen LogP contribution in [0, 0.1) is 22.7 Å². The lowest BCUT2D eigenvalue weighted by Gasteiger charge is -2.21. The van der Waals surface area contributed by atoms with Gasteiger partial charge in [-0.15, -0.1) is 0 Å². The summed E-state index contributed by atoms with van der Waals surface area (Å²) in [5, 5.41) is 17.4. The molecule has 2 aromatic rings. The standard InChI is InChI=1S/C16H16N6O/c17-6-3-10-21(11-4-7-18)15(23)13-22-12-9-20-16(22)14-5-1-2-8-19-14/h1-2,5,8-9,12H,3-4,10-11,13H2. The first-order chi connectivity index (χ1) is 11.3. The Morgan fingerprint density at radius 1 is 1.13 bits per heavy atom. The van der Waals surface area contributed by atoms with Crippen LogP contribution in [0.4, 0.5) is 0 Å². The Hall–Kier alpha value is -3.19. The summed E-state index contributed by atoms with van der Waals surface area (Å²) in [5.41, 5.74) is 0.686. The van der Waals surface area contributed by atoms with Crippen LogP contribution in [-0.4, -0.2) is 38.4 Å². The van der Waals surface area contributed by atoms with E-state index in [0.29, 0.717) is 24.6 Å². The summed E-state index contributed by atoms with van der Waals surface area (Å²) >= 11 is 0. The second-order valence-electron chi connectivity index (χ2n) is 4.79. The van der Waals surface area contributed by atoms with E-state index in [2.05, 4.69) is 9.97 Å². The molecule has 2 heterocycles. The smallest absolute Gasteiger partial charge is 0.242 e. The Labute approximate surface area is 134 Å². The number of pyridine rings is 1. The molecule has 0 aromatic carbocycles. The Morgan fingerprint density at radius 2 is 1.87 bits per heavy atom. The van der Waals surface area contributed by atoms with Crippen molar-refractivity contribution in [1.29, 1.82) is 10.5 Å².